The number of carboxylic acid groups (broad SMARTS) is 2. The van der Waals surface area contributed by atoms with E-state index in [1.807, 2.05) is 22.6 Å². The summed E-state index contributed by atoms with van der Waals surface area (Å²) in [6.07, 6.45) is 0. The van der Waals surface area contributed by atoms with Crippen LogP contribution in [0.5, 0.6) is 0 Å². The van der Waals surface area contributed by atoms with Crippen molar-refractivity contribution >= 4 is 46.1 Å². The van der Waals surface area contributed by atoms with Crippen LogP contribution in [-0.4, -0.2) is 28.1 Å². The predicted octanol–water partition coefficient (Wildman–Crippen LogP) is 2.94. The van der Waals surface area contributed by atoms with E-state index in [1.54, 1.807) is 24.3 Å². The lowest BCUT2D eigenvalue weighted by Gasteiger charge is -2.09. The molecule has 0 aliphatic carbocycles. The third-order valence-electron chi connectivity index (χ3n) is 2.80. The predicted molar refractivity (Wildman–Crippen MR) is 87.5 cm³/mol. The van der Waals surface area contributed by atoms with Crippen LogP contribution in [0.25, 0.3) is 0 Å². The number of carbonyl (C=O) groups excluding carboxylic acids is 1. The molecule has 0 atom stereocenters. The number of rotatable bonds is 4. The fraction of sp³-hybridized carbons (Fsp3) is 0. The average molecular weight is 411 g/mol. The van der Waals surface area contributed by atoms with Gasteiger partial charge < -0.3 is 15.5 Å². The Morgan fingerprint density at radius 1 is 0.909 bits per heavy atom. The van der Waals surface area contributed by atoms with Crippen LogP contribution in [-0.2, 0) is 0 Å². The summed E-state index contributed by atoms with van der Waals surface area (Å²) in [7, 11) is 0. The van der Waals surface area contributed by atoms with E-state index in [4.69, 9.17) is 10.2 Å². The number of benzene rings is 2. The Bertz CT molecular complexity index is 740. The van der Waals surface area contributed by atoms with Crippen molar-refractivity contribution < 1.29 is 24.6 Å². The molecule has 22 heavy (non-hydrogen) atoms. The Hall–Kier alpha value is -2.42. The Morgan fingerprint density at radius 2 is 1.45 bits per heavy atom. The first-order chi connectivity index (χ1) is 10.4. The van der Waals surface area contributed by atoms with E-state index >= 15 is 0 Å². The minimum absolute atomic E-state index is 0.113. The molecule has 0 aromatic heterocycles. The van der Waals surface area contributed by atoms with E-state index in [1.165, 1.54) is 12.1 Å². The molecular formula is C15H10INO5. The van der Waals surface area contributed by atoms with Crippen molar-refractivity contribution in [3.8, 4) is 0 Å². The van der Waals surface area contributed by atoms with Gasteiger partial charge in [-0.25, -0.2) is 9.59 Å². The first kappa shape index (κ1) is 16.0. The normalized spacial score (nSPS) is 10.0. The highest BCUT2D eigenvalue weighted by molar-refractivity contribution is 14.1. The van der Waals surface area contributed by atoms with Gasteiger partial charge in [-0.2, -0.15) is 0 Å². The quantitative estimate of drug-likeness (QED) is 0.672. The second-order valence-electron chi connectivity index (χ2n) is 4.34. The molecule has 6 nitrogen and oxygen atoms in total. The number of hydrogen-bond acceptors (Lipinski definition) is 3. The third kappa shape index (κ3) is 3.61. The maximum absolute atomic E-state index is 12.2. The van der Waals surface area contributed by atoms with Crippen LogP contribution < -0.4 is 5.32 Å². The molecular weight excluding hydrogens is 401 g/mol. The van der Waals surface area contributed by atoms with Crippen LogP contribution in [0.2, 0.25) is 0 Å². The lowest BCUT2D eigenvalue weighted by Crippen LogP contribution is -2.14. The minimum Gasteiger partial charge on any atom is -0.478 e. The van der Waals surface area contributed by atoms with Gasteiger partial charge in [-0.15, -0.1) is 0 Å². The highest BCUT2D eigenvalue weighted by Gasteiger charge is 2.14. The molecule has 2 aromatic carbocycles. The highest BCUT2D eigenvalue weighted by atomic mass is 127. The van der Waals surface area contributed by atoms with Gasteiger partial charge in [0.1, 0.15) is 0 Å². The molecule has 2 rings (SSSR count). The van der Waals surface area contributed by atoms with Crippen LogP contribution in [0.3, 0.4) is 0 Å². The second kappa shape index (κ2) is 6.56. The maximum Gasteiger partial charge on any atom is 0.335 e. The second-order valence-corrected chi connectivity index (χ2v) is 5.51. The Kier molecular flexibility index (Phi) is 4.76. The molecule has 0 radical (unpaired) electrons. The molecule has 0 fully saturated rings. The molecule has 112 valence electrons. The third-order valence-corrected chi connectivity index (χ3v) is 3.74. The topological polar surface area (TPSA) is 104 Å². The maximum atomic E-state index is 12.2. The molecule has 0 heterocycles. The summed E-state index contributed by atoms with van der Waals surface area (Å²) in [5.74, 6) is -2.98. The molecule has 2 aromatic rings. The molecule has 0 aliphatic rings. The molecule has 0 saturated carbocycles. The van der Waals surface area contributed by atoms with Gasteiger partial charge in [-0.3, -0.25) is 4.79 Å². The number of carboxylic acids is 2. The number of aromatic carboxylic acids is 2. The molecule has 0 spiro atoms. The van der Waals surface area contributed by atoms with Crippen molar-refractivity contribution in [3.05, 3.63) is 62.7 Å². The molecule has 0 aliphatic heterocycles. The number of carbonyl (C=O) groups is 3. The smallest absolute Gasteiger partial charge is 0.335 e. The Morgan fingerprint density at radius 3 is 1.95 bits per heavy atom. The first-order valence-electron chi connectivity index (χ1n) is 6.06. The minimum atomic E-state index is -1.27. The van der Waals surface area contributed by atoms with Crippen molar-refractivity contribution in [3.63, 3.8) is 0 Å². The van der Waals surface area contributed by atoms with Crippen molar-refractivity contribution in [2.75, 3.05) is 5.32 Å². The number of hydrogen-bond donors (Lipinski definition) is 3. The summed E-state index contributed by atoms with van der Waals surface area (Å²) in [5.41, 5.74) is 0.110. The van der Waals surface area contributed by atoms with E-state index in [2.05, 4.69) is 5.32 Å². The van der Waals surface area contributed by atoms with Crippen LogP contribution in [0.4, 0.5) is 5.69 Å². The fourth-order valence-electron chi connectivity index (χ4n) is 1.79. The number of nitrogens with one attached hydrogen (secondary N) is 1. The summed E-state index contributed by atoms with van der Waals surface area (Å²) >= 11 is 2.00. The average Bonchev–Trinajstić information content (AvgIpc) is 2.47. The van der Waals surface area contributed by atoms with Gasteiger partial charge in [0.15, 0.2) is 0 Å². The van der Waals surface area contributed by atoms with Gasteiger partial charge in [-0.1, -0.05) is 12.1 Å². The van der Waals surface area contributed by atoms with Gasteiger partial charge in [-0.05, 0) is 52.9 Å². The monoisotopic (exact) mass is 411 g/mol. The summed E-state index contributed by atoms with van der Waals surface area (Å²) in [4.78, 5) is 34.2. The van der Waals surface area contributed by atoms with E-state index in [-0.39, 0.29) is 16.8 Å². The summed E-state index contributed by atoms with van der Waals surface area (Å²) in [5, 5.41) is 20.5. The zero-order valence-electron chi connectivity index (χ0n) is 11.0. The first-order valence-corrected chi connectivity index (χ1v) is 7.14. The lowest BCUT2D eigenvalue weighted by atomic mass is 10.1. The highest BCUT2D eigenvalue weighted by Crippen LogP contribution is 2.18. The van der Waals surface area contributed by atoms with Gasteiger partial charge in [0.25, 0.3) is 5.91 Å². The number of anilines is 1. The van der Waals surface area contributed by atoms with Crippen molar-refractivity contribution in [1.29, 1.82) is 0 Å². The van der Waals surface area contributed by atoms with Crippen molar-refractivity contribution in [2.24, 2.45) is 0 Å². The summed E-state index contributed by atoms with van der Waals surface area (Å²) < 4.78 is 0.727. The number of halogens is 1. The zero-order valence-corrected chi connectivity index (χ0v) is 13.2. The molecule has 1 amide bonds. The zero-order chi connectivity index (χ0) is 16.3. The van der Waals surface area contributed by atoms with Gasteiger partial charge >= 0.3 is 11.9 Å². The van der Waals surface area contributed by atoms with Gasteiger partial charge in [0, 0.05) is 9.26 Å². The van der Waals surface area contributed by atoms with E-state index in [0.29, 0.717) is 5.56 Å². The Labute approximate surface area is 138 Å². The molecule has 0 unspecified atom stereocenters. The lowest BCUT2D eigenvalue weighted by molar-refractivity contribution is 0.0696. The molecule has 0 bridgehead atoms. The van der Waals surface area contributed by atoms with Crippen molar-refractivity contribution in [2.45, 2.75) is 0 Å². The van der Waals surface area contributed by atoms with Crippen LogP contribution >= 0.6 is 22.6 Å². The summed E-state index contributed by atoms with van der Waals surface area (Å²) in [6.45, 7) is 0. The molecule has 7 heteroatoms. The molecule has 0 saturated heterocycles. The summed E-state index contributed by atoms with van der Waals surface area (Å²) in [6, 6.07) is 10.3. The van der Waals surface area contributed by atoms with Crippen molar-refractivity contribution in [1.82, 2.24) is 0 Å². The van der Waals surface area contributed by atoms with Gasteiger partial charge in [0.2, 0.25) is 0 Å². The standard InChI is InChI=1S/C15H10INO5/c16-12-4-2-1-3-11(12)13(18)17-10-6-8(14(19)20)5-9(7-10)15(21)22/h1-7H,(H,17,18)(H,19,20)(H,21,22). The van der Waals surface area contributed by atoms with E-state index in [0.717, 1.165) is 9.64 Å². The van der Waals surface area contributed by atoms with Crippen LogP contribution in [0, 0.1) is 3.57 Å². The number of amides is 1. The Balaban J connectivity index is 2.37. The van der Waals surface area contributed by atoms with Crippen LogP contribution in [0.1, 0.15) is 31.1 Å². The molecule has 3 N–H and O–H groups in total. The fourth-order valence-corrected chi connectivity index (χ4v) is 2.42. The van der Waals surface area contributed by atoms with E-state index in [9.17, 15) is 14.4 Å². The van der Waals surface area contributed by atoms with E-state index < -0.39 is 17.8 Å². The van der Waals surface area contributed by atoms with Crippen LogP contribution in [0.15, 0.2) is 42.5 Å². The largest absolute Gasteiger partial charge is 0.478 e. The van der Waals surface area contributed by atoms with Gasteiger partial charge in [0.05, 0.1) is 16.7 Å². The SMILES string of the molecule is O=C(O)c1cc(NC(=O)c2ccccc2I)cc(C(=O)O)c1.